The molecule has 5 nitrogen and oxygen atoms in total. The molecule has 0 fully saturated rings. The SMILES string of the molecule is O=C(CNC(=O)c1ccccc1)Nc1nc2ccc(Br)cc2s1. The van der Waals surface area contributed by atoms with Gasteiger partial charge in [-0.1, -0.05) is 45.5 Å². The van der Waals surface area contributed by atoms with Crippen LogP contribution in [0.2, 0.25) is 0 Å². The topological polar surface area (TPSA) is 71.1 Å². The standard InChI is InChI=1S/C16H12BrN3O2S/c17-11-6-7-12-13(8-11)23-16(19-12)20-14(21)9-18-15(22)10-4-2-1-3-5-10/h1-8H,9H2,(H,18,22)(H,19,20,21). The first-order chi connectivity index (χ1) is 11.1. The number of hydrogen-bond acceptors (Lipinski definition) is 4. The highest BCUT2D eigenvalue weighted by molar-refractivity contribution is 9.10. The van der Waals surface area contributed by atoms with Crippen molar-refractivity contribution in [3.63, 3.8) is 0 Å². The van der Waals surface area contributed by atoms with Crippen LogP contribution in [0.4, 0.5) is 5.13 Å². The number of nitrogens with one attached hydrogen (secondary N) is 2. The largest absolute Gasteiger partial charge is 0.343 e. The third-order valence-electron chi connectivity index (χ3n) is 3.04. The Hall–Kier alpha value is -2.25. The number of carbonyl (C=O) groups is 2. The summed E-state index contributed by atoms with van der Waals surface area (Å²) in [6, 6.07) is 14.5. The first kappa shape index (κ1) is 15.6. The van der Waals surface area contributed by atoms with Gasteiger partial charge in [0.1, 0.15) is 0 Å². The van der Waals surface area contributed by atoms with Crippen molar-refractivity contribution in [2.75, 3.05) is 11.9 Å². The first-order valence-corrected chi connectivity index (χ1v) is 8.42. The van der Waals surface area contributed by atoms with Crippen molar-refractivity contribution in [1.82, 2.24) is 10.3 Å². The van der Waals surface area contributed by atoms with E-state index in [-0.39, 0.29) is 18.4 Å². The zero-order valence-electron chi connectivity index (χ0n) is 11.9. The Morgan fingerprint density at radius 2 is 1.91 bits per heavy atom. The van der Waals surface area contributed by atoms with Crippen molar-refractivity contribution >= 4 is 54.4 Å². The maximum absolute atomic E-state index is 11.9. The summed E-state index contributed by atoms with van der Waals surface area (Å²) in [5, 5.41) is 5.79. The van der Waals surface area contributed by atoms with Crippen molar-refractivity contribution in [3.8, 4) is 0 Å². The van der Waals surface area contributed by atoms with Gasteiger partial charge < -0.3 is 10.6 Å². The minimum absolute atomic E-state index is 0.104. The van der Waals surface area contributed by atoms with E-state index in [2.05, 4.69) is 31.5 Å². The molecule has 0 bridgehead atoms. The molecule has 116 valence electrons. The van der Waals surface area contributed by atoms with Gasteiger partial charge in [-0.25, -0.2) is 4.98 Å². The summed E-state index contributed by atoms with van der Waals surface area (Å²) >= 11 is 4.78. The van der Waals surface area contributed by atoms with E-state index in [1.54, 1.807) is 24.3 Å². The molecule has 7 heteroatoms. The molecule has 0 aliphatic heterocycles. The van der Waals surface area contributed by atoms with Crippen LogP contribution in [0.3, 0.4) is 0 Å². The fourth-order valence-corrected chi connectivity index (χ4v) is 3.40. The first-order valence-electron chi connectivity index (χ1n) is 6.81. The molecule has 0 saturated heterocycles. The highest BCUT2D eigenvalue weighted by Crippen LogP contribution is 2.28. The van der Waals surface area contributed by atoms with Gasteiger partial charge >= 0.3 is 0 Å². The van der Waals surface area contributed by atoms with Crippen molar-refractivity contribution in [2.45, 2.75) is 0 Å². The predicted octanol–water partition coefficient (Wildman–Crippen LogP) is 3.43. The van der Waals surface area contributed by atoms with Crippen LogP contribution in [-0.2, 0) is 4.79 Å². The lowest BCUT2D eigenvalue weighted by molar-refractivity contribution is -0.115. The normalized spacial score (nSPS) is 10.5. The van der Waals surface area contributed by atoms with Gasteiger partial charge in [0.15, 0.2) is 5.13 Å². The smallest absolute Gasteiger partial charge is 0.251 e. The van der Waals surface area contributed by atoms with Gasteiger partial charge in [-0.05, 0) is 30.3 Å². The summed E-state index contributed by atoms with van der Waals surface area (Å²) in [5.74, 6) is -0.596. The number of carbonyl (C=O) groups excluding carboxylic acids is 2. The van der Waals surface area contributed by atoms with E-state index in [9.17, 15) is 9.59 Å². The highest BCUT2D eigenvalue weighted by Gasteiger charge is 2.10. The zero-order valence-corrected chi connectivity index (χ0v) is 14.3. The van der Waals surface area contributed by atoms with Gasteiger partial charge in [0, 0.05) is 10.0 Å². The molecule has 3 aromatic rings. The Kier molecular flexibility index (Phi) is 4.68. The van der Waals surface area contributed by atoms with Gasteiger partial charge in [0.25, 0.3) is 5.91 Å². The van der Waals surface area contributed by atoms with E-state index in [4.69, 9.17) is 0 Å². The van der Waals surface area contributed by atoms with Gasteiger partial charge in [0.05, 0.1) is 16.8 Å². The average Bonchev–Trinajstić information content (AvgIpc) is 2.94. The van der Waals surface area contributed by atoms with Crippen molar-refractivity contribution in [2.24, 2.45) is 0 Å². The number of thiazole rings is 1. The Morgan fingerprint density at radius 3 is 2.70 bits per heavy atom. The second-order valence-electron chi connectivity index (χ2n) is 4.73. The molecule has 0 radical (unpaired) electrons. The molecular weight excluding hydrogens is 378 g/mol. The average molecular weight is 390 g/mol. The number of fused-ring (bicyclic) bond motifs is 1. The van der Waals surface area contributed by atoms with E-state index in [0.717, 1.165) is 14.7 Å². The molecule has 2 aromatic carbocycles. The van der Waals surface area contributed by atoms with Crippen molar-refractivity contribution in [3.05, 3.63) is 58.6 Å². The number of aromatic nitrogens is 1. The summed E-state index contributed by atoms with van der Waals surface area (Å²) in [6.07, 6.45) is 0. The Labute approximate surface area is 144 Å². The van der Waals surface area contributed by atoms with E-state index in [1.165, 1.54) is 11.3 Å². The molecule has 0 aliphatic carbocycles. The van der Waals surface area contributed by atoms with Crippen LogP contribution in [0.1, 0.15) is 10.4 Å². The maximum atomic E-state index is 11.9. The molecule has 23 heavy (non-hydrogen) atoms. The van der Waals surface area contributed by atoms with E-state index < -0.39 is 0 Å². The minimum atomic E-state index is -0.313. The second kappa shape index (κ2) is 6.89. The quantitative estimate of drug-likeness (QED) is 0.717. The lowest BCUT2D eigenvalue weighted by Gasteiger charge is -2.04. The highest BCUT2D eigenvalue weighted by atomic mass is 79.9. The fraction of sp³-hybridized carbons (Fsp3) is 0.0625. The van der Waals surface area contributed by atoms with Gasteiger partial charge in [0.2, 0.25) is 5.91 Å². The van der Waals surface area contributed by atoms with Gasteiger partial charge in [-0.15, -0.1) is 0 Å². The summed E-state index contributed by atoms with van der Waals surface area (Å²) in [6.45, 7) is -0.104. The molecule has 2 N–H and O–H groups in total. The molecule has 0 saturated carbocycles. The molecule has 0 unspecified atom stereocenters. The molecule has 2 amide bonds. The molecule has 0 atom stereocenters. The van der Waals surface area contributed by atoms with Gasteiger partial charge in [-0.3, -0.25) is 9.59 Å². The van der Waals surface area contributed by atoms with Gasteiger partial charge in [-0.2, -0.15) is 0 Å². The Balaban J connectivity index is 1.59. The lowest BCUT2D eigenvalue weighted by Crippen LogP contribution is -2.32. The second-order valence-corrected chi connectivity index (χ2v) is 6.67. The third-order valence-corrected chi connectivity index (χ3v) is 4.47. The number of rotatable bonds is 4. The molecule has 0 spiro atoms. The number of benzene rings is 2. The van der Waals surface area contributed by atoms with Crippen molar-refractivity contribution < 1.29 is 9.59 Å². The monoisotopic (exact) mass is 389 g/mol. The van der Waals surface area contributed by atoms with Crippen LogP contribution >= 0.6 is 27.3 Å². The Bertz CT molecular complexity index is 864. The molecular formula is C16H12BrN3O2S. The van der Waals surface area contributed by atoms with Crippen molar-refractivity contribution in [1.29, 1.82) is 0 Å². The van der Waals surface area contributed by atoms with Crippen LogP contribution in [-0.4, -0.2) is 23.3 Å². The lowest BCUT2D eigenvalue weighted by atomic mass is 10.2. The Morgan fingerprint density at radius 1 is 1.13 bits per heavy atom. The summed E-state index contributed by atoms with van der Waals surface area (Å²) in [4.78, 5) is 28.1. The number of amides is 2. The number of anilines is 1. The number of nitrogens with zero attached hydrogens (tertiary/aromatic N) is 1. The molecule has 3 rings (SSSR count). The molecule has 1 aromatic heterocycles. The van der Waals surface area contributed by atoms with Crippen LogP contribution in [0.25, 0.3) is 10.2 Å². The number of halogens is 1. The summed E-state index contributed by atoms with van der Waals surface area (Å²) < 4.78 is 1.93. The minimum Gasteiger partial charge on any atom is -0.343 e. The third kappa shape index (κ3) is 3.94. The van der Waals surface area contributed by atoms with Crippen LogP contribution in [0.15, 0.2) is 53.0 Å². The molecule has 1 heterocycles. The maximum Gasteiger partial charge on any atom is 0.251 e. The van der Waals surface area contributed by atoms with Crippen LogP contribution in [0.5, 0.6) is 0 Å². The van der Waals surface area contributed by atoms with E-state index >= 15 is 0 Å². The van der Waals surface area contributed by atoms with Crippen LogP contribution < -0.4 is 10.6 Å². The van der Waals surface area contributed by atoms with Crippen LogP contribution in [0, 0.1) is 0 Å². The summed E-state index contributed by atoms with van der Waals surface area (Å²) in [5.41, 5.74) is 1.34. The zero-order chi connectivity index (χ0) is 16.2. The number of hydrogen-bond donors (Lipinski definition) is 2. The molecule has 0 aliphatic rings. The predicted molar refractivity (Wildman–Crippen MR) is 94.7 cm³/mol. The summed E-state index contributed by atoms with van der Waals surface area (Å²) in [7, 11) is 0. The van der Waals surface area contributed by atoms with E-state index in [1.807, 2.05) is 24.3 Å². The van der Waals surface area contributed by atoms with E-state index in [0.29, 0.717) is 10.7 Å². The fourth-order valence-electron chi connectivity index (χ4n) is 1.97.